The van der Waals surface area contributed by atoms with E-state index in [1.807, 2.05) is 0 Å². The third-order valence-electron chi connectivity index (χ3n) is 3.53. The van der Waals surface area contributed by atoms with Crippen molar-refractivity contribution in [2.24, 2.45) is 5.92 Å². The number of nitrogens with one attached hydrogen (secondary N) is 2. The summed E-state index contributed by atoms with van der Waals surface area (Å²) >= 11 is 3.35. The van der Waals surface area contributed by atoms with Gasteiger partial charge in [0.1, 0.15) is 4.47 Å². The van der Waals surface area contributed by atoms with Gasteiger partial charge in [-0.05, 0) is 61.6 Å². The van der Waals surface area contributed by atoms with Gasteiger partial charge in [0.25, 0.3) is 5.56 Å². The Labute approximate surface area is 121 Å². The second-order valence-electron chi connectivity index (χ2n) is 5.33. The average molecular weight is 329 g/mol. The Morgan fingerprint density at radius 3 is 3.00 bits per heavy atom. The zero-order valence-electron chi connectivity index (χ0n) is 11.4. The fraction of sp³-hybridized carbons (Fsp3) is 0.692. The molecule has 0 radical (unpaired) electrons. The molecule has 0 aliphatic carbocycles. The van der Waals surface area contributed by atoms with Crippen LogP contribution in [-0.4, -0.2) is 35.6 Å². The highest BCUT2D eigenvalue weighted by Crippen LogP contribution is 2.24. The smallest absolute Gasteiger partial charge is 0.267 e. The molecule has 0 bridgehead atoms. The fourth-order valence-electron chi connectivity index (χ4n) is 2.47. The first kappa shape index (κ1) is 14.5. The molecule has 2 rings (SSSR count). The van der Waals surface area contributed by atoms with Crippen molar-refractivity contribution in [1.82, 2.24) is 15.3 Å². The minimum Gasteiger partial charge on any atom is -0.353 e. The lowest BCUT2D eigenvalue weighted by atomic mass is 9.98. The maximum atomic E-state index is 11.7. The molecule has 1 aromatic rings. The summed E-state index contributed by atoms with van der Waals surface area (Å²) in [4.78, 5) is 20.8. The molecule has 1 unspecified atom stereocenters. The van der Waals surface area contributed by atoms with Crippen molar-refractivity contribution < 1.29 is 0 Å². The Hall–Kier alpha value is -0.880. The first-order valence-corrected chi connectivity index (χ1v) is 7.59. The van der Waals surface area contributed by atoms with Crippen LogP contribution in [0.15, 0.2) is 15.6 Å². The van der Waals surface area contributed by atoms with Gasteiger partial charge in [0.05, 0.1) is 6.33 Å². The van der Waals surface area contributed by atoms with Gasteiger partial charge in [-0.3, -0.25) is 4.79 Å². The third-order valence-corrected chi connectivity index (χ3v) is 4.24. The van der Waals surface area contributed by atoms with Crippen molar-refractivity contribution >= 4 is 21.7 Å². The molecule has 1 aromatic heterocycles. The molecule has 1 aliphatic rings. The van der Waals surface area contributed by atoms with Crippen LogP contribution in [0.1, 0.15) is 26.7 Å². The maximum absolute atomic E-state index is 11.7. The summed E-state index contributed by atoms with van der Waals surface area (Å²) in [6, 6.07) is 0.313. The van der Waals surface area contributed by atoms with E-state index in [0.29, 0.717) is 16.4 Å². The second kappa shape index (κ2) is 6.52. The van der Waals surface area contributed by atoms with E-state index in [1.54, 1.807) is 0 Å². The van der Waals surface area contributed by atoms with Gasteiger partial charge >= 0.3 is 0 Å². The summed E-state index contributed by atoms with van der Waals surface area (Å²) in [5.74, 6) is 1.36. The number of piperidine rings is 1. The van der Waals surface area contributed by atoms with Crippen LogP contribution in [0.2, 0.25) is 0 Å². The topological polar surface area (TPSA) is 61.0 Å². The minimum absolute atomic E-state index is 0.127. The first-order chi connectivity index (χ1) is 9.09. The number of hydrogen-bond acceptors (Lipinski definition) is 4. The van der Waals surface area contributed by atoms with Gasteiger partial charge < -0.3 is 15.2 Å². The predicted molar refractivity (Wildman–Crippen MR) is 80.6 cm³/mol. The number of nitrogens with zero attached hydrogens (tertiary/aromatic N) is 2. The molecule has 0 aromatic carbocycles. The van der Waals surface area contributed by atoms with E-state index in [1.165, 1.54) is 19.2 Å². The Morgan fingerprint density at radius 2 is 2.37 bits per heavy atom. The van der Waals surface area contributed by atoms with Crippen molar-refractivity contribution in [3.63, 3.8) is 0 Å². The van der Waals surface area contributed by atoms with E-state index in [4.69, 9.17) is 0 Å². The molecule has 1 atom stereocenters. The summed E-state index contributed by atoms with van der Waals surface area (Å²) in [6.45, 7) is 7.35. The van der Waals surface area contributed by atoms with E-state index in [2.05, 4.69) is 50.0 Å². The van der Waals surface area contributed by atoms with Gasteiger partial charge in [-0.25, -0.2) is 4.98 Å². The normalized spacial score (nSPS) is 19.7. The number of aromatic nitrogens is 2. The molecule has 0 spiro atoms. The van der Waals surface area contributed by atoms with E-state index in [-0.39, 0.29) is 5.56 Å². The minimum atomic E-state index is -0.127. The zero-order valence-corrected chi connectivity index (χ0v) is 13.0. The molecule has 106 valence electrons. The zero-order chi connectivity index (χ0) is 13.8. The molecule has 1 saturated heterocycles. The van der Waals surface area contributed by atoms with E-state index < -0.39 is 0 Å². The highest BCUT2D eigenvalue weighted by atomic mass is 79.9. The quantitative estimate of drug-likeness (QED) is 0.883. The van der Waals surface area contributed by atoms with E-state index in [0.717, 1.165) is 25.5 Å². The van der Waals surface area contributed by atoms with E-state index in [9.17, 15) is 4.79 Å². The molecule has 2 N–H and O–H groups in total. The molecule has 1 fully saturated rings. The molecule has 1 aliphatic heterocycles. The largest absolute Gasteiger partial charge is 0.353 e. The Balaban J connectivity index is 2.19. The van der Waals surface area contributed by atoms with Crippen molar-refractivity contribution in [3.05, 3.63) is 21.2 Å². The first-order valence-electron chi connectivity index (χ1n) is 6.80. The van der Waals surface area contributed by atoms with Gasteiger partial charge in [-0.2, -0.15) is 0 Å². The standard InChI is InChI=1S/C13H21BrN4O/c1-9(2)18(7-10-4-3-5-15-6-10)12-11(14)13(19)17-8-16-12/h8-10,15H,3-7H2,1-2H3,(H,16,17,19). The lowest BCUT2D eigenvalue weighted by Gasteiger charge is -2.34. The van der Waals surface area contributed by atoms with Crippen molar-refractivity contribution in [2.75, 3.05) is 24.5 Å². The van der Waals surface area contributed by atoms with Crippen LogP contribution in [0.5, 0.6) is 0 Å². The van der Waals surface area contributed by atoms with Crippen LogP contribution in [0.3, 0.4) is 0 Å². The van der Waals surface area contributed by atoms with Crippen LogP contribution in [-0.2, 0) is 0 Å². The fourth-order valence-corrected chi connectivity index (χ4v) is 2.92. The molecular formula is C13H21BrN4O. The van der Waals surface area contributed by atoms with Gasteiger partial charge in [0.15, 0.2) is 5.82 Å². The predicted octanol–water partition coefficient (Wildman–Crippen LogP) is 1.75. The molecule has 6 heteroatoms. The maximum Gasteiger partial charge on any atom is 0.267 e. The van der Waals surface area contributed by atoms with Crippen molar-refractivity contribution in [3.8, 4) is 0 Å². The highest BCUT2D eigenvalue weighted by Gasteiger charge is 2.22. The van der Waals surface area contributed by atoms with E-state index >= 15 is 0 Å². The van der Waals surface area contributed by atoms with Gasteiger partial charge in [0, 0.05) is 12.6 Å². The van der Waals surface area contributed by atoms with Crippen LogP contribution in [0, 0.1) is 5.92 Å². The molecule has 0 amide bonds. The molecule has 0 saturated carbocycles. The Morgan fingerprint density at radius 1 is 1.58 bits per heavy atom. The molecule has 2 heterocycles. The number of anilines is 1. The van der Waals surface area contributed by atoms with Crippen molar-refractivity contribution in [2.45, 2.75) is 32.7 Å². The summed E-state index contributed by atoms with van der Waals surface area (Å²) < 4.78 is 0.521. The summed E-state index contributed by atoms with van der Waals surface area (Å²) in [6.07, 6.45) is 3.93. The van der Waals surface area contributed by atoms with Crippen LogP contribution in [0.25, 0.3) is 0 Å². The molecule has 19 heavy (non-hydrogen) atoms. The van der Waals surface area contributed by atoms with Crippen molar-refractivity contribution in [1.29, 1.82) is 0 Å². The Kier molecular flexibility index (Phi) is 4.99. The van der Waals surface area contributed by atoms with Gasteiger partial charge in [-0.1, -0.05) is 0 Å². The molecule has 5 nitrogen and oxygen atoms in total. The molecular weight excluding hydrogens is 308 g/mol. The number of halogens is 1. The Bertz CT molecular complexity index is 468. The van der Waals surface area contributed by atoms with Gasteiger partial charge in [-0.15, -0.1) is 0 Å². The van der Waals surface area contributed by atoms with Crippen LogP contribution >= 0.6 is 15.9 Å². The van der Waals surface area contributed by atoms with Crippen LogP contribution < -0.4 is 15.8 Å². The lowest BCUT2D eigenvalue weighted by Crippen LogP contribution is -2.42. The number of aromatic amines is 1. The monoisotopic (exact) mass is 328 g/mol. The number of hydrogen-bond donors (Lipinski definition) is 2. The summed E-state index contributed by atoms with van der Waals surface area (Å²) in [5, 5.41) is 3.43. The second-order valence-corrected chi connectivity index (χ2v) is 6.12. The summed E-state index contributed by atoms with van der Waals surface area (Å²) in [5.41, 5.74) is -0.127. The lowest BCUT2D eigenvalue weighted by molar-refractivity contribution is 0.370. The van der Waals surface area contributed by atoms with Gasteiger partial charge in [0.2, 0.25) is 0 Å². The highest BCUT2D eigenvalue weighted by molar-refractivity contribution is 9.10. The third kappa shape index (κ3) is 3.57. The average Bonchev–Trinajstić information content (AvgIpc) is 2.40. The number of rotatable bonds is 4. The summed E-state index contributed by atoms with van der Waals surface area (Å²) in [7, 11) is 0. The number of H-pyrrole nitrogens is 1. The SMILES string of the molecule is CC(C)N(CC1CCCNC1)c1nc[nH]c(=O)c1Br. The van der Waals surface area contributed by atoms with Crippen LogP contribution in [0.4, 0.5) is 5.82 Å².